The Bertz CT molecular complexity index is 484. The molecule has 1 saturated carbocycles. The summed E-state index contributed by atoms with van der Waals surface area (Å²) in [7, 11) is 1.50. The number of unbranched alkanes of at least 4 members (excludes halogenated alkanes) is 3. The summed E-state index contributed by atoms with van der Waals surface area (Å²) in [6.45, 7) is 2.85. The van der Waals surface area contributed by atoms with Crippen LogP contribution >= 0.6 is 0 Å². The quantitative estimate of drug-likeness (QED) is 0.586. The molecule has 0 amide bonds. The Labute approximate surface area is 136 Å². The molecular formula is C18H25F3O2. The lowest BCUT2D eigenvalue weighted by atomic mass is 9.92. The molecule has 2 nitrogen and oxygen atoms in total. The van der Waals surface area contributed by atoms with Crippen LogP contribution in [0.15, 0.2) is 24.3 Å². The minimum Gasteiger partial charge on any atom is -0.497 e. The maximum absolute atomic E-state index is 13.6. The van der Waals surface area contributed by atoms with Gasteiger partial charge >= 0.3 is 6.18 Å². The second-order valence-electron chi connectivity index (χ2n) is 6.23. The summed E-state index contributed by atoms with van der Waals surface area (Å²) >= 11 is 0. The summed E-state index contributed by atoms with van der Waals surface area (Å²) in [5.41, 5.74) is -1.44. The Kier molecular flexibility index (Phi) is 5.95. The number of methoxy groups -OCH3 is 1. The second-order valence-corrected chi connectivity index (χ2v) is 6.23. The summed E-state index contributed by atoms with van der Waals surface area (Å²) in [4.78, 5) is 0. The predicted octanol–water partition coefficient (Wildman–Crippen LogP) is 5.11. The van der Waals surface area contributed by atoms with E-state index in [1.54, 1.807) is 12.1 Å². The molecule has 2 rings (SSSR count). The van der Waals surface area contributed by atoms with Crippen molar-refractivity contribution in [1.29, 1.82) is 0 Å². The molecule has 1 fully saturated rings. The highest BCUT2D eigenvalue weighted by molar-refractivity contribution is 5.39. The Morgan fingerprint density at radius 3 is 2.39 bits per heavy atom. The number of ether oxygens (including phenoxy) is 2. The summed E-state index contributed by atoms with van der Waals surface area (Å²) in [6.07, 6.45) is 0.129. The molecule has 0 spiro atoms. The van der Waals surface area contributed by atoms with Crippen LogP contribution in [-0.2, 0) is 10.2 Å². The average molecular weight is 330 g/mol. The fourth-order valence-electron chi connectivity index (χ4n) is 3.14. The van der Waals surface area contributed by atoms with Crippen LogP contribution in [0.5, 0.6) is 5.75 Å². The molecule has 0 radical (unpaired) electrons. The molecule has 23 heavy (non-hydrogen) atoms. The number of hydrogen-bond acceptors (Lipinski definition) is 2. The SMILES string of the molecule is CCCCCCOCC1CC1(c1ccc(OC)cc1)C(F)(F)F. The topological polar surface area (TPSA) is 18.5 Å². The monoisotopic (exact) mass is 330 g/mol. The van der Waals surface area contributed by atoms with Crippen molar-refractivity contribution in [2.75, 3.05) is 20.3 Å². The zero-order valence-corrected chi connectivity index (χ0v) is 13.8. The van der Waals surface area contributed by atoms with Crippen molar-refractivity contribution in [1.82, 2.24) is 0 Å². The lowest BCUT2D eigenvalue weighted by molar-refractivity contribution is -0.166. The molecule has 0 bridgehead atoms. The third kappa shape index (κ3) is 4.00. The van der Waals surface area contributed by atoms with E-state index in [0.29, 0.717) is 17.9 Å². The standard InChI is InChI=1S/C18H25F3O2/c1-3-4-5-6-11-23-13-15-12-17(15,18(19,20)21)14-7-9-16(22-2)10-8-14/h7-10,15H,3-6,11-13H2,1-2H3. The molecule has 1 aromatic rings. The molecule has 5 heteroatoms. The number of alkyl halides is 3. The lowest BCUT2D eigenvalue weighted by Crippen LogP contribution is -2.32. The maximum Gasteiger partial charge on any atom is 0.398 e. The van der Waals surface area contributed by atoms with Gasteiger partial charge in [0.2, 0.25) is 0 Å². The first-order chi connectivity index (χ1) is 11.0. The van der Waals surface area contributed by atoms with Gasteiger partial charge in [0.25, 0.3) is 0 Å². The third-order valence-corrected chi connectivity index (χ3v) is 4.68. The van der Waals surface area contributed by atoms with Gasteiger partial charge in [-0.3, -0.25) is 0 Å². The minimum absolute atomic E-state index is 0.109. The van der Waals surface area contributed by atoms with Gasteiger partial charge in [0.15, 0.2) is 0 Å². The van der Waals surface area contributed by atoms with Gasteiger partial charge in [0.05, 0.1) is 19.1 Å². The maximum atomic E-state index is 13.6. The van der Waals surface area contributed by atoms with E-state index in [1.165, 1.54) is 19.2 Å². The van der Waals surface area contributed by atoms with Crippen molar-refractivity contribution >= 4 is 0 Å². The second kappa shape index (κ2) is 7.56. The highest BCUT2D eigenvalue weighted by Crippen LogP contribution is 2.63. The van der Waals surface area contributed by atoms with Crippen molar-refractivity contribution in [2.24, 2.45) is 5.92 Å². The van der Waals surface area contributed by atoms with Gasteiger partial charge in [0, 0.05) is 12.5 Å². The van der Waals surface area contributed by atoms with Gasteiger partial charge in [-0.15, -0.1) is 0 Å². The molecule has 1 aliphatic rings. The summed E-state index contributed by atoms with van der Waals surface area (Å²) < 4.78 is 51.3. The smallest absolute Gasteiger partial charge is 0.398 e. The first-order valence-corrected chi connectivity index (χ1v) is 8.24. The van der Waals surface area contributed by atoms with Crippen LogP contribution in [0.3, 0.4) is 0 Å². The minimum atomic E-state index is -4.25. The van der Waals surface area contributed by atoms with Gasteiger partial charge < -0.3 is 9.47 Å². The predicted molar refractivity (Wildman–Crippen MR) is 83.8 cm³/mol. The summed E-state index contributed by atoms with van der Waals surface area (Å²) in [6, 6.07) is 6.22. The largest absolute Gasteiger partial charge is 0.497 e. The molecule has 130 valence electrons. The highest BCUT2D eigenvalue weighted by Gasteiger charge is 2.71. The Balaban J connectivity index is 1.95. The normalized spacial score (nSPS) is 23.8. The Morgan fingerprint density at radius 1 is 1.13 bits per heavy atom. The Hall–Kier alpha value is -1.23. The van der Waals surface area contributed by atoms with Crippen LogP contribution in [0.25, 0.3) is 0 Å². The van der Waals surface area contributed by atoms with E-state index in [0.717, 1.165) is 25.7 Å². The van der Waals surface area contributed by atoms with E-state index in [4.69, 9.17) is 9.47 Å². The van der Waals surface area contributed by atoms with E-state index in [9.17, 15) is 13.2 Å². The fraction of sp³-hybridized carbons (Fsp3) is 0.667. The zero-order chi connectivity index (χ0) is 16.9. The van der Waals surface area contributed by atoms with Gasteiger partial charge in [0.1, 0.15) is 5.75 Å². The van der Waals surface area contributed by atoms with Crippen LogP contribution < -0.4 is 4.74 Å². The number of hydrogen-bond donors (Lipinski definition) is 0. The van der Waals surface area contributed by atoms with E-state index < -0.39 is 17.5 Å². The molecule has 0 aromatic heterocycles. The fourth-order valence-corrected chi connectivity index (χ4v) is 3.14. The van der Waals surface area contributed by atoms with E-state index in [2.05, 4.69) is 6.92 Å². The van der Waals surface area contributed by atoms with E-state index in [1.807, 2.05) is 0 Å². The van der Waals surface area contributed by atoms with Crippen molar-refractivity contribution in [3.05, 3.63) is 29.8 Å². The number of benzene rings is 1. The molecule has 2 unspecified atom stereocenters. The molecule has 1 aromatic carbocycles. The zero-order valence-electron chi connectivity index (χ0n) is 13.8. The molecule has 2 atom stereocenters. The lowest BCUT2D eigenvalue weighted by Gasteiger charge is -2.22. The molecule has 1 aliphatic carbocycles. The van der Waals surface area contributed by atoms with Crippen LogP contribution in [0.4, 0.5) is 13.2 Å². The molecule has 0 N–H and O–H groups in total. The first-order valence-electron chi connectivity index (χ1n) is 8.24. The summed E-state index contributed by atoms with van der Waals surface area (Å²) in [5.74, 6) is 0.0810. The van der Waals surface area contributed by atoms with Crippen molar-refractivity contribution in [3.8, 4) is 5.75 Å². The molecule has 0 aliphatic heterocycles. The number of rotatable bonds is 9. The first kappa shape index (κ1) is 18.1. The van der Waals surface area contributed by atoms with Crippen molar-refractivity contribution < 1.29 is 22.6 Å². The van der Waals surface area contributed by atoms with E-state index in [-0.39, 0.29) is 13.0 Å². The van der Waals surface area contributed by atoms with Gasteiger partial charge in [-0.2, -0.15) is 13.2 Å². The van der Waals surface area contributed by atoms with Gasteiger partial charge in [-0.1, -0.05) is 38.3 Å². The van der Waals surface area contributed by atoms with Crippen LogP contribution in [0, 0.1) is 5.92 Å². The summed E-state index contributed by atoms with van der Waals surface area (Å²) in [5, 5.41) is 0. The molecule has 0 heterocycles. The third-order valence-electron chi connectivity index (χ3n) is 4.68. The average Bonchev–Trinajstić information content (AvgIpc) is 3.26. The van der Waals surface area contributed by atoms with Crippen molar-refractivity contribution in [2.45, 2.75) is 50.6 Å². The molecular weight excluding hydrogens is 305 g/mol. The van der Waals surface area contributed by atoms with E-state index >= 15 is 0 Å². The van der Waals surface area contributed by atoms with Crippen LogP contribution in [0.2, 0.25) is 0 Å². The van der Waals surface area contributed by atoms with Gasteiger partial charge in [-0.25, -0.2) is 0 Å². The van der Waals surface area contributed by atoms with Crippen LogP contribution in [0.1, 0.15) is 44.6 Å². The number of halogens is 3. The molecule has 0 saturated heterocycles. The van der Waals surface area contributed by atoms with Crippen molar-refractivity contribution in [3.63, 3.8) is 0 Å². The Morgan fingerprint density at radius 2 is 1.83 bits per heavy atom. The van der Waals surface area contributed by atoms with Gasteiger partial charge in [-0.05, 0) is 30.5 Å². The van der Waals surface area contributed by atoms with Crippen LogP contribution in [-0.4, -0.2) is 26.5 Å². The highest BCUT2D eigenvalue weighted by atomic mass is 19.4.